The number of hydrogen-bond acceptors (Lipinski definition) is 6. The molecule has 0 unspecified atom stereocenters. The largest absolute Gasteiger partial charge is 0.506 e. The van der Waals surface area contributed by atoms with E-state index in [1.807, 2.05) is 23.8 Å². The number of nitrogens with one attached hydrogen (secondary N) is 2. The summed E-state index contributed by atoms with van der Waals surface area (Å²) in [5, 5.41) is 19.9. The molecule has 1 aliphatic heterocycles. The van der Waals surface area contributed by atoms with Gasteiger partial charge in [-0.2, -0.15) is 8.42 Å². The Morgan fingerprint density at radius 2 is 1.77 bits per heavy atom. The summed E-state index contributed by atoms with van der Waals surface area (Å²) < 4.78 is 53.8. The number of aromatic hydroxyl groups is 1. The van der Waals surface area contributed by atoms with Gasteiger partial charge >= 0.3 is 10.2 Å². The lowest BCUT2D eigenvalue weighted by molar-refractivity contribution is 0.392. The van der Waals surface area contributed by atoms with E-state index < -0.39 is 26.1 Å². The summed E-state index contributed by atoms with van der Waals surface area (Å²) in [6, 6.07) is 9.96. The van der Waals surface area contributed by atoms with E-state index in [0.717, 1.165) is 28.1 Å². The highest BCUT2D eigenvalue weighted by Crippen LogP contribution is 2.33. The van der Waals surface area contributed by atoms with Crippen LogP contribution in [0, 0.1) is 0 Å². The second-order valence-electron chi connectivity index (χ2n) is 7.18. The fourth-order valence-corrected chi connectivity index (χ4v) is 5.51. The lowest BCUT2D eigenvalue weighted by Gasteiger charge is -2.17. The molecule has 0 atom stereocenters. The van der Waals surface area contributed by atoms with Gasteiger partial charge < -0.3 is 10.2 Å². The van der Waals surface area contributed by atoms with Crippen LogP contribution in [0.3, 0.4) is 0 Å². The molecule has 168 valence electrons. The quantitative estimate of drug-likeness (QED) is 0.471. The maximum atomic E-state index is 12.2. The van der Waals surface area contributed by atoms with Crippen molar-refractivity contribution in [3.63, 3.8) is 0 Å². The molecule has 0 saturated carbocycles. The Kier molecular flexibility index (Phi) is 6.37. The number of anilines is 2. The standard InChI is InChI=1S/C20H25N3O6S2/c1-3-9-30(26,27)21-17-7-5-14(4-2)10-16(17)11-15-6-8-18(19(24)12-15)23-13-20(25)22-31(23,28)29/h5-8,10,12-13,21-22,24-25H,3-4,9,11H2,1-2H3. The van der Waals surface area contributed by atoms with Crippen LogP contribution in [-0.2, 0) is 33.1 Å². The number of nitrogens with zero attached hydrogens (tertiary/aromatic N) is 1. The molecule has 0 bridgehead atoms. The van der Waals surface area contributed by atoms with Crippen molar-refractivity contribution in [2.75, 3.05) is 14.8 Å². The van der Waals surface area contributed by atoms with Gasteiger partial charge in [-0.05, 0) is 54.2 Å². The first kappa shape index (κ1) is 22.8. The monoisotopic (exact) mass is 467 g/mol. The summed E-state index contributed by atoms with van der Waals surface area (Å²) in [5.41, 5.74) is 2.87. The van der Waals surface area contributed by atoms with E-state index in [9.17, 15) is 27.0 Å². The molecule has 0 amide bonds. The molecule has 1 heterocycles. The molecule has 0 fully saturated rings. The van der Waals surface area contributed by atoms with Crippen LogP contribution in [0.15, 0.2) is 48.5 Å². The number of phenolic OH excluding ortho intramolecular Hbond substituents is 1. The summed E-state index contributed by atoms with van der Waals surface area (Å²) in [6.45, 7) is 3.78. The first-order chi connectivity index (χ1) is 14.5. The first-order valence-electron chi connectivity index (χ1n) is 9.71. The lowest BCUT2D eigenvalue weighted by Crippen LogP contribution is -2.29. The third kappa shape index (κ3) is 5.23. The summed E-state index contributed by atoms with van der Waals surface area (Å²) in [4.78, 5) is 0. The fraction of sp³-hybridized carbons (Fsp3) is 0.300. The molecule has 1 aliphatic rings. The Labute approximate surface area is 182 Å². The Bertz CT molecular complexity index is 1220. The van der Waals surface area contributed by atoms with Crippen molar-refractivity contribution in [2.45, 2.75) is 33.1 Å². The molecule has 2 aromatic carbocycles. The summed E-state index contributed by atoms with van der Waals surface area (Å²) in [5.74, 6) is -0.840. The summed E-state index contributed by atoms with van der Waals surface area (Å²) in [7, 11) is -7.49. The number of aryl methyl sites for hydroxylation is 1. The number of aliphatic hydroxyl groups is 1. The van der Waals surface area contributed by atoms with Crippen LogP contribution in [0.25, 0.3) is 0 Å². The molecule has 0 aromatic heterocycles. The van der Waals surface area contributed by atoms with Gasteiger partial charge in [0.25, 0.3) is 0 Å². The normalized spacial score (nSPS) is 15.4. The molecule has 9 nitrogen and oxygen atoms in total. The van der Waals surface area contributed by atoms with Crippen LogP contribution in [0.1, 0.15) is 37.0 Å². The van der Waals surface area contributed by atoms with Crippen LogP contribution in [0.5, 0.6) is 5.75 Å². The maximum absolute atomic E-state index is 12.2. The highest BCUT2D eigenvalue weighted by molar-refractivity contribution is 7.92. The predicted molar refractivity (Wildman–Crippen MR) is 120 cm³/mol. The molecular weight excluding hydrogens is 442 g/mol. The number of benzene rings is 2. The molecule has 0 spiro atoms. The molecule has 0 saturated heterocycles. The predicted octanol–water partition coefficient (Wildman–Crippen LogP) is 2.71. The number of aliphatic hydroxyl groups excluding tert-OH is 1. The van der Waals surface area contributed by atoms with Crippen molar-refractivity contribution in [2.24, 2.45) is 0 Å². The minimum atomic E-state index is -4.02. The average molecular weight is 468 g/mol. The smallest absolute Gasteiger partial charge is 0.330 e. The third-order valence-electron chi connectivity index (χ3n) is 4.72. The zero-order valence-corrected chi connectivity index (χ0v) is 18.8. The Morgan fingerprint density at radius 1 is 1.06 bits per heavy atom. The summed E-state index contributed by atoms with van der Waals surface area (Å²) >= 11 is 0. The van der Waals surface area contributed by atoms with Gasteiger partial charge in [0.2, 0.25) is 15.9 Å². The molecule has 31 heavy (non-hydrogen) atoms. The zero-order valence-electron chi connectivity index (χ0n) is 17.2. The van der Waals surface area contributed by atoms with E-state index in [0.29, 0.717) is 24.1 Å². The van der Waals surface area contributed by atoms with E-state index in [1.54, 1.807) is 19.1 Å². The Balaban J connectivity index is 1.93. The Hall–Kier alpha value is -2.92. The van der Waals surface area contributed by atoms with Crippen LogP contribution >= 0.6 is 0 Å². The van der Waals surface area contributed by atoms with E-state index >= 15 is 0 Å². The molecule has 11 heteroatoms. The zero-order chi connectivity index (χ0) is 22.8. The highest BCUT2D eigenvalue weighted by Gasteiger charge is 2.30. The van der Waals surface area contributed by atoms with Gasteiger partial charge in [0.1, 0.15) is 11.4 Å². The highest BCUT2D eigenvalue weighted by atomic mass is 32.2. The van der Waals surface area contributed by atoms with E-state index in [2.05, 4.69) is 4.72 Å². The summed E-state index contributed by atoms with van der Waals surface area (Å²) in [6.07, 6.45) is 2.53. The van der Waals surface area contributed by atoms with Gasteiger partial charge in [0.15, 0.2) is 0 Å². The Morgan fingerprint density at radius 3 is 2.35 bits per heavy atom. The van der Waals surface area contributed by atoms with Crippen LogP contribution in [0.4, 0.5) is 11.4 Å². The first-order valence-corrected chi connectivity index (χ1v) is 12.8. The molecule has 3 rings (SSSR count). The molecule has 2 aromatic rings. The number of sulfonamides is 1. The average Bonchev–Trinajstić information content (AvgIpc) is 2.95. The molecule has 4 N–H and O–H groups in total. The van der Waals surface area contributed by atoms with Crippen molar-refractivity contribution < 1.29 is 27.0 Å². The third-order valence-corrected chi connectivity index (χ3v) is 7.48. The van der Waals surface area contributed by atoms with Crippen LogP contribution in [-0.4, -0.2) is 32.8 Å². The van der Waals surface area contributed by atoms with Crippen molar-refractivity contribution >= 4 is 31.6 Å². The van der Waals surface area contributed by atoms with Crippen molar-refractivity contribution in [1.82, 2.24) is 4.72 Å². The number of rotatable bonds is 8. The van der Waals surface area contributed by atoms with Crippen LogP contribution in [0.2, 0.25) is 0 Å². The van der Waals surface area contributed by atoms with E-state index in [1.165, 1.54) is 12.1 Å². The van der Waals surface area contributed by atoms with Gasteiger partial charge in [-0.1, -0.05) is 32.0 Å². The van der Waals surface area contributed by atoms with Crippen molar-refractivity contribution in [3.8, 4) is 5.75 Å². The SMILES string of the molecule is CCCS(=O)(=O)Nc1ccc(CC)cc1Cc1ccc(N2C=C(O)NS2(=O)=O)c(O)c1. The van der Waals surface area contributed by atoms with Gasteiger partial charge in [-0.25, -0.2) is 17.4 Å². The van der Waals surface area contributed by atoms with E-state index in [4.69, 9.17) is 0 Å². The van der Waals surface area contributed by atoms with Crippen molar-refractivity contribution in [3.05, 3.63) is 65.2 Å². The molecule has 0 aliphatic carbocycles. The van der Waals surface area contributed by atoms with Crippen LogP contribution < -0.4 is 13.7 Å². The van der Waals surface area contributed by atoms with Gasteiger partial charge in [0, 0.05) is 0 Å². The second kappa shape index (κ2) is 8.67. The van der Waals surface area contributed by atoms with Gasteiger partial charge in [-0.15, -0.1) is 0 Å². The minimum absolute atomic E-state index is 0.0101. The van der Waals surface area contributed by atoms with Gasteiger partial charge in [0.05, 0.1) is 17.6 Å². The van der Waals surface area contributed by atoms with E-state index in [-0.39, 0.29) is 17.2 Å². The topological polar surface area (TPSA) is 136 Å². The lowest BCUT2D eigenvalue weighted by atomic mass is 9.99. The minimum Gasteiger partial charge on any atom is -0.506 e. The van der Waals surface area contributed by atoms with Gasteiger partial charge in [-0.3, -0.25) is 4.72 Å². The second-order valence-corrected chi connectivity index (χ2v) is 10.6. The fourth-order valence-electron chi connectivity index (χ4n) is 3.27. The number of hydrogen-bond donors (Lipinski definition) is 4. The number of phenols is 1. The maximum Gasteiger partial charge on any atom is 0.330 e. The van der Waals surface area contributed by atoms with Crippen molar-refractivity contribution in [1.29, 1.82) is 0 Å². The molecular formula is C20H25N3O6S2. The molecule has 0 radical (unpaired) electrons.